The number of carbonyl (C=O) groups is 4. The lowest BCUT2D eigenvalue weighted by molar-refractivity contribution is -0.139. The number of carbonyl (C=O) groups excluding carboxylic acids is 4. The normalized spacial score (nSPS) is 15.1. The van der Waals surface area contributed by atoms with Crippen LogP contribution in [-0.2, 0) is 23.9 Å². The zero-order chi connectivity index (χ0) is 26.4. The summed E-state index contributed by atoms with van der Waals surface area (Å²) in [5.41, 5.74) is 2.50. The molecule has 2 aliphatic rings. The van der Waals surface area contributed by atoms with Crippen molar-refractivity contribution in [1.29, 1.82) is 0 Å². The maximum Gasteiger partial charge on any atom is 0.355 e. The summed E-state index contributed by atoms with van der Waals surface area (Å²) in [6, 6.07) is 13.9. The molecule has 37 heavy (non-hydrogen) atoms. The molecule has 0 radical (unpaired) electrons. The Labute approximate surface area is 214 Å². The zero-order valence-corrected chi connectivity index (χ0v) is 20.5. The van der Waals surface area contributed by atoms with Crippen LogP contribution in [-0.4, -0.2) is 37.7 Å². The smallest absolute Gasteiger partial charge is 0.355 e. The molecule has 2 aromatic rings. The number of benzene rings is 2. The molecule has 0 spiro atoms. The standard InChI is InChI=1S/C29H26N2O6/c1-36-28(34)23-13-6-7-16-31(26(23)29(35)37-2)25-15-14-20(27(33)19-9-4-3-5-10-19)17-24(25)30-21-11-8-12-22(32)18-21/h3-7,9-10,13-18,30H,8,11-12H2,1-2H3. The van der Waals surface area contributed by atoms with Gasteiger partial charge >= 0.3 is 11.9 Å². The summed E-state index contributed by atoms with van der Waals surface area (Å²) in [5, 5.41) is 3.28. The Kier molecular flexibility index (Phi) is 7.78. The topological polar surface area (TPSA) is 102 Å². The molecule has 188 valence electrons. The summed E-state index contributed by atoms with van der Waals surface area (Å²) in [7, 11) is 2.45. The van der Waals surface area contributed by atoms with E-state index in [0.29, 0.717) is 47.5 Å². The second-order valence-electron chi connectivity index (χ2n) is 8.36. The molecule has 0 unspecified atom stereocenters. The molecule has 8 nitrogen and oxygen atoms in total. The van der Waals surface area contributed by atoms with Crippen LogP contribution in [0.25, 0.3) is 0 Å². The van der Waals surface area contributed by atoms with Gasteiger partial charge in [0.2, 0.25) is 0 Å². The summed E-state index contributed by atoms with van der Waals surface area (Å²) in [4.78, 5) is 52.3. The number of anilines is 2. The first-order valence-corrected chi connectivity index (χ1v) is 11.7. The number of hydrogen-bond acceptors (Lipinski definition) is 8. The predicted octanol–water partition coefficient (Wildman–Crippen LogP) is 4.46. The minimum absolute atomic E-state index is 0.00166. The summed E-state index contributed by atoms with van der Waals surface area (Å²) >= 11 is 0. The van der Waals surface area contributed by atoms with Crippen molar-refractivity contribution in [2.75, 3.05) is 24.4 Å². The van der Waals surface area contributed by atoms with E-state index in [1.807, 2.05) is 6.07 Å². The van der Waals surface area contributed by atoms with Crippen molar-refractivity contribution in [2.45, 2.75) is 19.3 Å². The molecular formula is C29H26N2O6. The molecule has 0 bridgehead atoms. The third-order valence-corrected chi connectivity index (χ3v) is 5.94. The minimum atomic E-state index is -0.751. The second kappa shape index (κ2) is 11.3. The highest BCUT2D eigenvalue weighted by Gasteiger charge is 2.29. The van der Waals surface area contributed by atoms with Crippen molar-refractivity contribution in [2.24, 2.45) is 0 Å². The fraction of sp³-hybridized carbons (Fsp3) is 0.172. The Bertz CT molecular complexity index is 1370. The number of esters is 2. The van der Waals surface area contributed by atoms with Crippen LogP contribution in [0.1, 0.15) is 35.2 Å². The minimum Gasteiger partial charge on any atom is -0.465 e. The monoisotopic (exact) mass is 498 g/mol. The van der Waals surface area contributed by atoms with Gasteiger partial charge in [-0.2, -0.15) is 0 Å². The fourth-order valence-corrected chi connectivity index (χ4v) is 4.16. The third-order valence-electron chi connectivity index (χ3n) is 5.94. The number of nitrogens with one attached hydrogen (secondary N) is 1. The van der Waals surface area contributed by atoms with Gasteiger partial charge in [0.25, 0.3) is 0 Å². The molecule has 2 aromatic carbocycles. The first kappa shape index (κ1) is 25.4. The maximum atomic E-state index is 13.2. The van der Waals surface area contributed by atoms with Crippen LogP contribution in [0, 0.1) is 0 Å². The maximum absolute atomic E-state index is 13.2. The van der Waals surface area contributed by atoms with Gasteiger partial charge in [0.05, 0.1) is 31.2 Å². The van der Waals surface area contributed by atoms with Gasteiger partial charge in [-0.1, -0.05) is 36.4 Å². The van der Waals surface area contributed by atoms with E-state index in [2.05, 4.69) is 5.32 Å². The first-order valence-electron chi connectivity index (χ1n) is 11.7. The molecule has 0 amide bonds. The highest BCUT2D eigenvalue weighted by Crippen LogP contribution is 2.35. The van der Waals surface area contributed by atoms with Gasteiger partial charge in [-0.15, -0.1) is 0 Å². The van der Waals surface area contributed by atoms with Crippen molar-refractivity contribution < 1.29 is 28.7 Å². The summed E-state index contributed by atoms with van der Waals surface area (Å²) in [6.45, 7) is 0. The number of ether oxygens (including phenoxy) is 2. The average molecular weight is 499 g/mol. The summed E-state index contributed by atoms with van der Waals surface area (Å²) in [6.07, 6.45) is 9.72. The number of ketones is 2. The molecular weight excluding hydrogens is 472 g/mol. The number of allylic oxidation sites excluding steroid dienone is 4. The Morgan fingerprint density at radius 2 is 1.65 bits per heavy atom. The number of methoxy groups -OCH3 is 2. The lowest BCUT2D eigenvalue weighted by Gasteiger charge is -2.27. The van der Waals surface area contributed by atoms with Crippen LogP contribution in [0.2, 0.25) is 0 Å². The predicted molar refractivity (Wildman–Crippen MR) is 139 cm³/mol. The molecule has 4 rings (SSSR count). The van der Waals surface area contributed by atoms with E-state index in [9.17, 15) is 19.2 Å². The molecule has 1 aliphatic heterocycles. The third kappa shape index (κ3) is 5.59. The molecule has 0 atom stereocenters. The van der Waals surface area contributed by atoms with Gasteiger partial charge in [-0.05, 0) is 43.2 Å². The van der Waals surface area contributed by atoms with E-state index in [-0.39, 0.29) is 22.8 Å². The van der Waals surface area contributed by atoms with E-state index in [1.165, 1.54) is 25.2 Å². The lowest BCUT2D eigenvalue weighted by atomic mass is 10.0. The van der Waals surface area contributed by atoms with Gasteiger partial charge in [0.15, 0.2) is 11.6 Å². The Morgan fingerprint density at radius 3 is 2.35 bits per heavy atom. The van der Waals surface area contributed by atoms with Crippen molar-refractivity contribution >= 4 is 34.9 Å². The Hall–Kier alpha value is -4.72. The second-order valence-corrected chi connectivity index (χ2v) is 8.36. The lowest BCUT2D eigenvalue weighted by Crippen LogP contribution is -2.27. The molecule has 0 aromatic heterocycles. The van der Waals surface area contributed by atoms with E-state index in [0.717, 1.165) is 0 Å². The van der Waals surface area contributed by atoms with Gasteiger partial charge in [0.1, 0.15) is 5.70 Å². The largest absolute Gasteiger partial charge is 0.465 e. The van der Waals surface area contributed by atoms with Gasteiger partial charge in [0, 0.05) is 35.5 Å². The Balaban J connectivity index is 1.87. The SMILES string of the molecule is COC(=O)C1=C(C(=O)OC)N(c2ccc(C(=O)c3ccccc3)cc2NC2=CC(=O)CCC2)C=CC=C1. The summed E-state index contributed by atoms with van der Waals surface area (Å²) < 4.78 is 9.90. The zero-order valence-electron chi connectivity index (χ0n) is 20.5. The molecule has 1 aliphatic carbocycles. The van der Waals surface area contributed by atoms with Crippen molar-refractivity contribution in [1.82, 2.24) is 0 Å². The number of hydrogen-bond donors (Lipinski definition) is 1. The van der Waals surface area contributed by atoms with Crippen molar-refractivity contribution in [3.8, 4) is 0 Å². The fourth-order valence-electron chi connectivity index (χ4n) is 4.16. The highest BCUT2D eigenvalue weighted by atomic mass is 16.5. The van der Waals surface area contributed by atoms with Crippen molar-refractivity contribution in [3.05, 3.63) is 107 Å². The molecule has 1 heterocycles. The van der Waals surface area contributed by atoms with Crippen LogP contribution < -0.4 is 10.2 Å². The average Bonchev–Trinajstić information content (AvgIpc) is 3.15. The molecule has 0 fully saturated rings. The van der Waals surface area contributed by atoms with E-state index in [4.69, 9.17) is 9.47 Å². The number of nitrogens with zero attached hydrogens (tertiary/aromatic N) is 1. The van der Waals surface area contributed by atoms with Gasteiger partial charge in [-0.3, -0.25) is 9.59 Å². The van der Waals surface area contributed by atoms with Crippen LogP contribution >= 0.6 is 0 Å². The Morgan fingerprint density at radius 1 is 0.892 bits per heavy atom. The molecule has 0 saturated heterocycles. The van der Waals surface area contributed by atoms with Gasteiger partial charge < -0.3 is 19.7 Å². The number of rotatable bonds is 7. The quantitative estimate of drug-likeness (QED) is 0.441. The molecule has 8 heteroatoms. The summed E-state index contributed by atoms with van der Waals surface area (Å²) in [5.74, 6) is -1.64. The van der Waals surface area contributed by atoms with E-state index in [1.54, 1.807) is 66.9 Å². The highest BCUT2D eigenvalue weighted by molar-refractivity contribution is 6.11. The van der Waals surface area contributed by atoms with Crippen molar-refractivity contribution in [3.63, 3.8) is 0 Å². The molecule has 1 N–H and O–H groups in total. The van der Waals surface area contributed by atoms with Crippen LogP contribution in [0.4, 0.5) is 11.4 Å². The van der Waals surface area contributed by atoms with Crippen LogP contribution in [0.3, 0.4) is 0 Å². The van der Waals surface area contributed by atoms with E-state index >= 15 is 0 Å². The first-order chi connectivity index (χ1) is 17.9. The van der Waals surface area contributed by atoms with Crippen LogP contribution in [0.15, 0.2) is 96.0 Å². The molecule has 0 saturated carbocycles. The van der Waals surface area contributed by atoms with Gasteiger partial charge in [-0.25, -0.2) is 9.59 Å². The van der Waals surface area contributed by atoms with E-state index < -0.39 is 11.9 Å². The van der Waals surface area contributed by atoms with Crippen LogP contribution in [0.5, 0.6) is 0 Å².